The predicted octanol–water partition coefficient (Wildman–Crippen LogP) is 0.526. The van der Waals surface area contributed by atoms with Crippen LogP contribution in [0.2, 0.25) is 0 Å². The number of rotatable bonds is 6. The highest BCUT2D eigenvalue weighted by Gasteiger charge is 2.21. The van der Waals surface area contributed by atoms with E-state index in [-0.39, 0.29) is 5.91 Å². The number of hydrogen-bond donors (Lipinski definition) is 1. The molecule has 0 aliphatic carbocycles. The van der Waals surface area contributed by atoms with Crippen LogP contribution in [0, 0.1) is 5.92 Å². The number of carbonyl (C=O) groups is 1. The van der Waals surface area contributed by atoms with Gasteiger partial charge in [-0.05, 0) is 44.8 Å². The van der Waals surface area contributed by atoms with Crippen molar-refractivity contribution in [2.75, 3.05) is 40.3 Å². The Hall–Kier alpha value is -0.610. The fraction of sp³-hybridized carbons (Fsp3) is 0.917. The van der Waals surface area contributed by atoms with Gasteiger partial charge in [0.15, 0.2) is 0 Å². The van der Waals surface area contributed by atoms with E-state index in [0.717, 1.165) is 31.8 Å². The first-order valence-electron chi connectivity index (χ1n) is 6.26. The number of nitrogens with two attached hydrogens (primary N) is 1. The van der Waals surface area contributed by atoms with Crippen LogP contribution in [-0.4, -0.2) is 56.0 Å². The number of amides is 1. The summed E-state index contributed by atoms with van der Waals surface area (Å²) in [4.78, 5) is 15.5. The summed E-state index contributed by atoms with van der Waals surface area (Å²) in [6.07, 6.45) is 4.07. The van der Waals surface area contributed by atoms with Gasteiger partial charge in [-0.15, -0.1) is 0 Å². The van der Waals surface area contributed by atoms with Gasteiger partial charge in [0, 0.05) is 27.1 Å². The van der Waals surface area contributed by atoms with Crippen LogP contribution in [0.1, 0.15) is 25.7 Å². The van der Waals surface area contributed by atoms with Gasteiger partial charge in [-0.1, -0.05) is 0 Å². The van der Waals surface area contributed by atoms with E-state index >= 15 is 0 Å². The molecule has 1 amide bonds. The molecule has 1 unspecified atom stereocenters. The summed E-state index contributed by atoms with van der Waals surface area (Å²) in [5, 5.41) is 0. The van der Waals surface area contributed by atoms with Crippen molar-refractivity contribution in [3.05, 3.63) is 0 Å². The van der Waals surface area contributed by atoms with Gasteiger partial charge in [-0.2, -0.15) is 0 Å². The fourth-order valence-electron chi connectivity index (χ4n) is 2.26. The van der Waals surface area contributed by atoms with E-state index in [1.165, 1.54) is 19.5 Å². The molecule has 0 aromatic rings. The van der Waals surface area contributed by atoms with Crippen LogP contribution in [-0.2, 0) is 4.79 Å². The molecule has 0 saturated carbocycles. The second-order valence-corrected chi connectivity index (χ2v) is 4.92. The highest BCUT2D eigenvalue weighted by molar-refractivity contribution is 5.75. The average molecular weight is 227 g/mol. The summed E-state index contributed by atoms with van der Waals surface area (Å²) in [5.41, 5.74) is 5.56. The van der Waals surface area contributed by atoms with Gasteiger partial charge < -0.3 is 15.5 Å². The Bertz CT molecular complexity index is 218. The zero-order valence-electron chi connectivity index (χ0n) is 10.6. The molecule has 0 aromatic carbocycles. The van der Waals surface area contributed by atoms with Crippen LogP contribution < -0.4 is 5.73 Å². The maximum atomic E-state index is 11.4. The molecular formula is C12H25N3O. The van der Waals surface area contributed by atoms with Crippen molar-refractivity contribution in [2.24, 2.45) is 11.7 Å². The van der Waals surface area contributed by atoms with Crippen LogP contribution in [0.25, 0.3) is 0 Å². The van der Waals surface area contributed by atoms with Gasteiger partial charge in [-0.25, -0.2) is 0 Å². The lowest BCUT2D eigenvalue weighted by Crippen LogP contribution is -2.26. The molecule has 2 N–H and O–H groups in total. The number of nitrogens with zero attached hydrogens (tertiary/aromatic N) is 2. The summed E-state index contributed by atoms with van der Waals surface area (Å²) in [6, 6.07) is 0. The average Bonchev–Trinajstić information content (AvgIpc) is 2.66. The Balaban J connectivity index is 2.09. The van der Waals surface area contributed by atoms with Crippen LogP contribution in [0.3, 0.4) is 0 Å². The molecule has 1 aliphatic heterocycles. The Morgan fingerprint density at radius 2 is 2.25 bits per heavy atom. The van der Waals surface area contributed by atoms with Gasteiger partial charge >= 0.3 is 0 Å². The van der Waals surface area contributed by atoms with Crippen LogP contribution >= 0.6 is 0 Å². The molecule has 0 aromatic heterocycles. The standard InChI is InChI=1S/C12H25N3O/c1-14(2)12(16)4-3-8-15-9-6-11(10-15)5-7-13/h11H,3-10,13H2,1-2H3. The predicted molar refractivity (Wildman–Crippen MR) is 66.1 cm³/mol. The first-order valence-corrected chi connectivity index (χ1v) is 6.26. The summed E-state index contributed by atoms with van der Waals surface area (Å²) in [7, 11) is 3.63. The molecule has 1 heterocycles. The van der Waals surface area contributed by atoms with Gasteiger partial charge in [0.05, 0.1) is 0 Å². The van der Waals surface area contributed by atoms with Crippen LogP contribution in [0.4, 0.5) is 0 Å². The highest BCUT2D eigenvalue weighted by atomic mass is 16.2. The Morgan fingerprint density at radius 1 is 1.50 bits per heavy atom. The van der Waals surface area contributed by atoms with Gasteiger partial charge in [0.25, 0.3) is 0 Å². The van der Waals surface area contributed by atoms with E-state index in [1.54, 1.807) is 4.90 Å². The van der Waals surface area contributed by atoms with E-state index < -0.39 is 0 Å². The minimum absolute atomic E-state index is 0.234. The first-order chi connectivity index (χ1) is 7.63. The summed E-state index contributed by atoms with van der Waals surface area (Å²) in [6.45, 7) is 4.21. The maximum absolute atomic E-state index is 11.4. The molecule has 1 saturated heterocycles. The van der Waals surface area contributed by atoms with Crippen molar-refractivity contribution in [1.29, 1.82) is 0 Å². The third-order valence-corrected chi connectivity index (χ3v) is 3.31. The van der Waals surface area contributed by atoms with E-state index in [0.29, 0.717) is 6.42 Å². The molecular weight excluding hydrogens is 202 g/mol. The molecule has 1 atom stereocenters. The lowest BCUT2D eigenvalue weighted by atomic mass is 10.1. The topological polar surface area (TPSA) is 49.6 Å². The second-order valence-electron chi connectivity index (χ2n) is 4.92. The second kappa shape index (κ2) is 6.86. The van der Waals surface area contributed by atoms with E-state index in [4.69, 9.17) is 5.73 Å². The third kappa shape index (κ3) is 4.49. The Morgan fingerprint density at radius 3 is 2.88 bits per heavy atom. The molecule has 94 valence electrons. The van der Waals surface area contributed by atoms with Crippen LogP contribution in [0.5, 0.6) is 0 Å². The monoisotopic (exact) mass is 227 g/mol. The molecule has 4 heteroatoms. The number of carbonyl (C=O) groups excluding carboxylic acids is 1. The first kappa shape index (κ1) is 13.5. The largest absolute Gasteiger partial charge is 0.349 e. The smallest absolute Gasteiger partial charge is 0.222 e. The normalized spacial score (nSPS) is 21.3. The SMILES string of the molecule is CN(C)C(=O)CCCN1CCC(CCN)C1. The van der Waals surface area contributed by atoms with Gasteiger partial charge in [0.1, 0.15) is 0 Å². The van der Waals surface area contributed by atoms with Crippen molar-refractivity contribution in [2.45, 2.75) is 25.7 Å². The molecule has 0 spiro atoms. The molecule has 0 bridgehead atoms. The molecule has 1 rings (SSSR count). The van der Waals surface area contributed by atoms with Gasteiger partial charge in [-0.3, -0.25) is 4.79 Å². The summed E-state index contributed by atoms with van der Waals surface area (Å²) < 4.78 is 0. The number of hydrogen-bond acceptors (Lipinski definition) is 3. The molecule has 0 radical (unpaired) electrons. The fourth-order valence-corrected chi connectivity index (χ4v) is 2.26. The molecule has 16 heavy (non-hydrogen) atoms. The maximum Gasteiger partial charge on any atom is 0.222 e. The minimum Gasteiger partial charge on any atom is -0.349 e. The molecule has 1 aliphatic rings. The van der Waals surface area contributed by atoms with Crippen molar-refractivity contribution in [3.8, 4) is 0 Å². The number of likely N-dealkylation sites (tertiary alicyclic amines) is 1. The highest BCUT2D eigenvalue weighted by Crippen LogP contribution is 2.19. The van der Waals surface area contributed by atoms with E-state index in [1.807, 2.05) is 14.1 Å². The lowest BCUT2D eigenvalue weighted by Gasteiger charge is -2.16. The van der Waals surface area contributed by atoms with Crippen molar-refractivity contribution in [3.63, 3.8) is 0 Å². The zero-order chi connectivity index (χ0) is 12.0. The van der Waals surface area contributed by atoms with Crippen molar-refractivity contribution in [1.82, 2.24) is 9.80 Å². The summed E-state index contributed by atoms with van der Waals surface area (Å²) >= 11 is 0. The van der Waals surface area contributed by atoms with Crippen LogP contribution in [0.15, 0.2) is 0 Å². The quantitative estimate of drug-likeness (QED) is 0.720. The summed E-state index contributed by atoms with van der Waals surface area (Å²) in [5.74, 6) is 1.02. The Kier molecular flexibility index (Phi) is 5.77. The van der Waals surface area contributed by atoms with Gasteiger partial charge in [0.2, 0.25) is 5.91 Å². The van der Waals surface area contributed by atoms with E-state index in [2.05, 4.69) is 4.90 Å². The third-order valence-electron chi connectivity index (χ3n) is 3.31. The lowest BCUT2D eigenvalue weighted by molar-refractivity contribution is -0.128. The van der Waals surface area contributed by atoms with E-state index in [9.17, 15) is 4.79 Å². The Labute approximate surface area is 98.8 Å². The molecule has 1 fully saturated rings. The molecule has 4 nitrogen and oxygen atoms in total. The minimum atomic E-state index is 0.234. The van der Waals surface area contributed by atoms with Crippen molar-refractivity contribution < 1.29 is 4.79 Å². The van der Waals surface area contributed by atoms with Crippen molar-refractivity contribution >= 4 is 5.91 Å². The zero-order valence-corrected chi connectivity index (χ0v) is 10.6.